The molecule has 0 fully saturated rings. The first-order chi connectivity index (χ1) is 14.4. The highest BCUT2D eigenvalue weighted by Gasteiger charge is 2.17. The average molecular weight is 403 g/mol. The van der Waals surface area contributed by atoms with Crippen LogP contribution in [0.15, 0.2) is 48.7 Å². The molecule has 7 nitrogen and oxygen atoms in total. The van der Waals surface area contributed by atoms with E-state index in [0.717, 1.165) is 22.3 Å². The molecule has 1 N–H and O–H groups in total. The Bertz CT molecular complexity index is 1150. The molecule has 0 saturated carbocycles. The van der Waals surface area contributed by atoms with Crippen molar-refractivity contribution in [2.75, 3.05) is 26.0 Å². The normalized spacial score (nSPS) is 14.6. The van der Waals surface area contributed by atoms with Gasteiger partial charge < -0.3 is 14.8 Å². The van der Waals surface area contributed by atoms with Gasteiger partial charge in [-0.15, -0.1) is 0 Å². The molecule has 30 heavy (non-hydrogen) atoms. The van der Waals surface area contributed by atoms with Crippen LogP contribution in [0.2, 0.25) is 0 Å². The van der Waals surface area contributed by atoms with E-state index in [1.54, 1.807) is 30.3 Å². The second-order valence-corrected chi connectivity index (χ2v) is 7.78. The van der Waals surface area contributed by atoms with Gasteiger partial charge in [0, 0.05) is 49.7 Å². The van der Waals surface area contributed by atoms with E-state index >= 15 is 0 Å². The third-order valence-electron chi connectivity index (χ3n) is 5.34. The number of nitrogens with one attached hydrogen (secondary N) is 1. The van der Waals surface area contributed by atoms with Crippen LogP contribution in [-0.2, 0) is 29.7 Å². The molecule has 0 radical (unpaired) electrons. The van der Waals surface area contributed by atoms with Crippen molar-refractivity contribution in [3.05, 3.63) is 65.5 Å². The van der Waals surface area contributed by atoms with Crippen molar-refractivity contribution in [1.82, 2.24) is 19.4 Å². The van der Waals surface area contributed by atoms with Crippen LogP contribution in [0.1, 0.15) is 16.8 Å². The predicted octanol–water partition coefficient (Wildman–Crippen LogP) is 2.63. The third-order valence-corrected chi connectivity index (χ3v) is 5.34. The van der Waals surface area contributed by atoms with Gasteiger partial charge in [-0.2, -0.15) is 0 Å². The standard InChI is InChI=1S/C23H25N5O2/c1-26-13-18-10-16(12-24-23(18)25-21(29)15-26)8-9-22(30)27(2)14-19-11-17-6-4-5-7-20(17)28(19)3/h4-12H,13-15H2,1-3H3,(H,24,25,29)/b9-8+. The summed E-state index contributed by atoms with van der Waals surface area (Å²) in [4.78, 5) is 32.4. The number of hydrogen-bond acceptors (Lipinski definition) is 4. The number of carbonyl (C=O) groups is 2. The Balaban J connectivity index is 1.46. The number of pyridine rings is 1. The van der Waals surface area contributed by atoms with E-state index < -0.39 is 0 Å². The van der Waals surface area contributed by atoms with Crippen LogP contribution < -0.4 is 5.32 Å². The number of aromatic nitrogens is 2. The van der Waals surface area contributed by atoms with Gasteiger partial charge in [-0.3, -0.25) is 14.5 Å². The summed E-state index contributed by atoms with van der Waals surface area (Å²) in [5.41, 5.74) is 3.98. The maximum Gasteiger partial charge on any atom is 0.246 e. The molecule has 0 aliphatic carbocycles. The average Bonchev–Trinajstić information content (AvgIpc) is 2.94. The molecule has 1 aliphatic rings. The van der Waals surface area contributed by atoms with Crippen LogP contribution in [0.3, 0.4) is 0 Å². The summed E-state index contributed by atoms with van der Waals surface area (Å²) in [6.07, 6.45) is 4.99. The summed E-state index contributed by atoms with van der Waals surface area (Å²) in [5, 5.41) is 3.98. The minimum absolute atomic E-state index is 0.0721. The number of nitrogens with zero attached hydrogens (tertiary/aromatic N) is 4. The number of para-hydroxylation sites is 1. The first-order valence-electron chi connectivity index (χ1n) is 9.84. The molecule has 0 atom stereocenters. The number of likely N-dealkylation sites (N-methyl/N-ethyl adjacent to an activating group) is 2. The van der Waals surface area contributed by atoms with Crippen LogP contribution in [0, 0.1) is 0 Å². The van der Waals surface area contributed by atoms with E-state index in [1.165, 1.54) is 5.39 Å². The zero-order valence-corrected chi connectivity index (χ0v) is 17.4. The van der Waals surface area contributed by atoms with Crippen molar-refractivity contribution in [2.45, 2.75) is 13.1 Å². The number of benzene rings is 1. The monoisotopic (exact) mass is 403 g/mol. The van der Waals surface area contributed by atoms with E-state index in [4.69, 9.17) is 0 Å². The van der Waals surface area contributed by atoms with Gasteiger partial charge in [0.1, 0.15) is 5.82 Å². The van der Waals surface area contributed by atoms with Crippen molar-refractivity contribution in [2.24, 2.45) is 7.05 Å². The lowest BCUT2D eigenvalue weighted by molar-refractivity contribution is -0.125. The number of aryl methyl sites for hydroxylation is 1. The van der Waals surface area contributed by atoms with Gasteiger partial charge in [0.15, 0.2) is 0 Å². The van der Waals surface area contributed by atoms with Crippen LogP contribution in [0.25, 0.3) is 17.0 Å². The molecule has 0 unspecified atom stereocenters. The third kappa shape index (κ3) is 4.11. The van der Waals surface area contributed by atoms with E-state index in [9.17, 15) is 9.59 Å². The van der Waals surface area contributed by atoms with Gasteiger partial charge in [0.05, 0.1) is 13.1 Å². The molecule has 4 rings (SSSR count). The van der Waals surface area contributed by atoms with E-state index in [-0.39, 0.29) is 11.8 Å². The Morgan fingerprint density at radius 1 is 1.23 bits per heavy atom. The van der Waals surface area contributed by atoms with Crippen molar-refractivity contribution in [3.63, 3.8) is 0 Å². The van der Waals surface area contributed by atoms with Crippen LogP contribution in [-0.4, -0.2) is 51.8 Å². The Hall–Kier alpha value is -3.45. The molecule has 3 heterocycles. The lowest BCUT2D eigenvalue weighted by Crippen LogP contribution is -2.26. The lowest BCUT2D eigenvalue weighted by atomic mass is 10.1. The summed E-state index contributed by atoms with van der Waals surface area (Å²) in [7, 11) is 5.70. The summed E-state index contributed by atoms with van der Waals surface area (Å²) >= 11 is 0. The maximum absolute atomic E-state index is 12.6. The van der Waals surface area contributed by atoms with Gasteiger partial charge >= 0.3 is 0 Å². The molecule has 0 spiro atoms. The van der Waals surface area contributed by atoms with E-state index in [1.807, 2.05) is 37.2 Å². The molecule has 1 aliphatic heterocycles. The van der Waals surface area contributed by atoms with Crippen LogP contribution in [0.5, 0.6) is 0 Å². The van der Waals surface area contributed by atoms with Gasteiger partial charge in [-0.05, 0) is 42.3 Å². The molecular formula is C23H25N5O2. The van der Waals surface area contributed by atoms with Gasteiger partial charge in [0.25, 0.3) is 0 Å². The topological polar surface area (TPSA) is 70.5 Å². The maximum atomic E-state index is 12.6. The number of amides is 2. The minimum atomic E-state index is -0.0828. The number of fused-ring (bicyclic) bond motifs is 2. The fourth-order valence-electron chi connectivity index (χ4n) is 3.73. The summed E-state index contributed by atoms with van der Waals surface area (Å²) in [6.45, 7) is 1.48. The fraction of sp³-hybridized carbons (Fsp3) is 0.261. The largest absolute Gasteiger partial charge is 0.346 e. The smallest absolute Gasteiger partial charge is 0.246 e. The Kier molecular flexibility index (Phi) is 5.37. The molecule has 154 valence electrons. The number of hydrogen-bond donors (Lipinski definition) is 1. The summed E-state index contributed by atoms with van der Waals surface area (Å²) in [6, 6.07) is 12.3. The SMILES string of the molecule is CN1CC(=O)Nc2ncc(/C=C/C(=O)N(C)Cc3cc4ccccc4n3C)cc2C1. The highest BCUT2D eigenvalue weighted by Crippen LogP contribution is 2.21. The highest BCUT2D eigenvalue weighted by atomic mass is 16.2. The number of carbonyl (C=O) groups excluding carboxylic acids is 2. The highest BCUT2D eigenvalue weighted by molar-refractivity contribution is 5.93. The van der Waals surface area contributed by atoms with Crippen LogP contribution >= 0.6 is 0 Å². The minimum Gasteiger partial charge on any atom is -0.346 e. The van der Waals surface area contributed by atoms with Crippen LogP contribution in [0.4, 0.5) is 5.82 Å². The quantitative estimate of drug-likeness (QED) is 0.680. The molecule has 1 aromatic carbocycles. The lowest BCUT2D eigenvalue weighted by Gasteiger charge is -2.16. The fourth-order valence-corrected chi connectivity index (χ4v) is 3.73. The van der Waals surface area contributed by atoms with E-state index in [2.05, 4.69) is 33.1 Å². The zero-order valence-electron chi connectivity index (χ0n) is 17.4. The molecule has 2 amide bonds. The Morgan fingerprint density at radius 3 is 2.83 bits per heavy atom. The number of anilines is 1. The predicted molar refractivity (Wildman–Crippen MR) is 118 cm³/mol. The zero-order chi connectivity index (χ0) is 21.3. The van der Waals surface area contributed by atoms with Crippen molar-refractivity contribution >= 4 is 34.6 Å². The molecule has 3 aromatic rings. The second-order valence-electron chi connectivity index (χ2n) is 7.78. The first-order valence-corrected chi connectivity index (χ1v) is 9.84. The van der Waals surface area contributed by atoms with Gasteiger partial charge in [-0.1, -0.05) is 18.2 Å². The van der Waals surface area contributed by atoms with Crippen molar-refractivity contribution in [1.29, 1.82) is 0 Å². The van der Waals surface area contributed by atoms with Crippen molar-refractivity contribution in [3.8, 4) is 0 Å². The second kappa shape index (κ2) is 8.12. The van der Waals surface area contributed by atoms with E-state index in [0.29, 0.717) is 25.5 Å². The van der Waals surface area contributed by atoms with Crippen molar-refractivity contribution < 1.29 is 9.59 Å². The Morgan fingerprint density at radius 2 is 2.03 bits per heavy atom. The molecule has 7 heteroatoms. The molecule has 0 bridgehead atoms. The first kappa shape index (κ1) is 19.8. The Labute approximate surface area is 175 Å². The summed E-state index contributed by atoms with van der Waals surface area (Å²) < 4.78 is 2.12. The van der Waals surface area contributed by atoms with Gasteiger partial charge in [-0.25, -0.2) is 4.98 Å². The molecular weight excluding hydrogens is 378 g/mol. The molecule has 0 saturated heterocycles. The summed E-state index contributed by atoms with van der Waals surface area (Å²) in [5.74, 6) is 0.429. The molecule has 2 aromatic heterocycles. The number of rotatable bonds is 4. The van der Waals surface area contributed by atoms with Gasteiger partial charge in [0.2, 0.25) is 11.8 Å².